The van der Waals surface area contributed by atoms with Crippen molar-refractivity contribution in [3.05, 3.63) is 29.8 Å². The fraction of sp³-hybridized carbons (Fsp3) is 0.500. The summed E-state index contributed by atoms with van der Waals surface area (Å²) in [4.78, 5) is 11.9. The van der Waals surface area contributed by atoms with Gasteiger partial charge in [-0.25, -0.2) is 8.42 Å². The minimum Gasteiger partial charge on any atom is -0.299 e. The molecule has 0 saturated heterocycles. The van der Waals surface area contributed by atoms with E-state index in [4.69, 9.17) is 0 Å². The summed E-state index contributed by atoms with van der Waals surface area (Å²) in [5.74, 6) is -0.192. The number of hydrogen-bond acceptors (Lipinski definition) is 3. The molecular weight excluding hydrogens is 248 g/mol. The first-order chi connectivity index (χ1) is 8.44. The van der Waals surface area contributed by atoms with Crippen LogP contribution in [0.5, 0.6) is 0 Å². The van der Waals surface area contributed by atoms with Crippen molar-refractivity contribution < 1.29 is 13.2 Å². The van der Waals surface area contributed by atoms with Gasteiger partial charge in [0.15, 0.2) is 9.84 Å². The van der Waals surface area contributed by atoms with E-state index in [1.165, 1.54) is 6.92 Å². The van der Waals surface area contributed by atoms with Gasteiger partial charge >= 0.3 is 0 Å². The molecule has 0 spiro atoms. The van der Waals surface area contributed by atoms with Gasteiger partial charge in [0.2, 0.25) is 0 Å². The van der Waals surface area contributed by atoms with Crippen LogP contribution in [0.4, 0.5) is 0 Å². The predicted molar refractivity (Wildman–Crippen MR) is 72.5 cm³/mol. The topological polar surface area (TPSA) is 51.2 Å². The van der Waals surface area contributed by atoms with Crippen molar-refractivity contribution in [3.63, 3.8) is 0 Å². The van der Waals surface area contributed by atoms with E-state index in [0.29, 0.717) is 23.3 Å². The molecule has 1 rings (SSSR count). The van der Waals surface area contributed by atoms with Gasteiger partial charge in [-0.05, 0) is 31.4 Å². The molecule has 0 aromatic heterocycles. The van der Waals surface area contributed by atoms with E-state index in [1.54, 1.807) is 24.3 Å². The van der Waals surface area contributed by atoms with Crippen molar-refractivity contribution in [2.75, 3.05) is 5.75 Å². The van der Waals surface area contributed by atoms with Gasteiger partial charge in [-0.1, -0.05) is 32.0 Å². The Hall–Kier alpha value is -1.16. The highest BCUT2D eigenvalue weighted by Gasteiger charge is 2.24. The lowest BCUT2D eigenvalue weighted by Gasteiger charge is -2.16. The first-order valence-electron chi connectivity index (χ1n) is 6.26. The maximum atomic E-state index is 12.2. The largest absolute Gasteiger partial charge is 0.299 e. The molecule has 0 fully saturated rings. The van der Waals surface area contributed by atoms with Gasteiger partial charge in [0.25, 0.3) is 0 Å². The number of carbonyl (C=O) groups excluding carboxylic acids is 1. The number of ketones is 1. The van der Waals surface area contributed by atoms with Crippen LogP contribution < -0.4 is 0 Å². The summed E-state index contributed by atoms with van der Waals surface area (Å²) in [5.41, 5.74) is 0.640. The van der Waals surface area contributed by atoms with Gasteiger partial charge < -0.3 is 0 Å². The van der Waals surface area contributed by atoms with E-state index in [0.717, 1.165) is 0 Å². The molecule has 0 aliphatic carbocycles. The van der Waals surface area contributed by atoms with E-state index in [1.807, 2.05) is 13.8 Å². The number of Topliss-reactive ketones (excluding diaryl/α,β-unsaturated/α-hetero) is 1. The molecule has 4 heteroatoms. The van der Waals surface area contributed by atoms with Crippen LogP contribution in [0.3, 0.4) is 0 Å². The molecule has 3 nitrogen and oxygen atoms in total. The molecule has 0 aliphatic heterocycles. The summed E-state index contributed by atoms with van der Waals surface area (Å²) in [5, 5.41) is 0. The lowest BCUT2D eigenvalue weighted by atomic mass is 9.93. The van der Waals surface area contributed by atoms with E-state index >= 15 is 0 Å². The average molecular weight is 268 g/mol. The highest BCUT2D eigenvalue weighted by Crippen LogP contribution is 2.28. The van der Waals surface area contributed by atoms with Crippen LogP contribution in [-0.2, 0) is 14.6 Å². The number of sulfone groups is 1. The van der Waals surface area contributed by atoms with Gasteiger partial charge in [0, 0.05) is 5.92 Å². The van der Waals surface area contributed by atoms with Crippen LogP contribution in [0, 0.1) is 0 Å². The molecule has 1 aromatic carbocycles. The minimum absolute atomic E-state index is 0.0108. The second-order valence-corrected chi connectivity index (χ2v) is 6.51. The van der Waals surface area contributed by atoms with E-state index in [-0.39, 0.29) is 17.5 Å². The van der Waals surface area contributed by atoms with Gasteiger partial charge in [0.1, 0.15) is 5.78 Å². The zero-order chi connectivity index (χ0) is 13.8. The smallest absolute Gasteiger partial charge is 0.178 e. The molecule has 1 atom stereocenters. The summed E-state index contributed by atoms with van der Waals surface area (Å²) < 4.78 is 24.4. The van der Waals surface area contributed by atoms with Gasteiger partial charge in [-0.15, -0.1) is 0 Å². The van der Waals surface area contributed by atoms with E-state index < -0.39 is 9.84 Å². The SMILES string of the molecule is CCCS(=O)(=O)c1ccccc1C(CC)C(C)=O. The molecule has 0 heterocycles. The maximum Gasteiger partial charge on any atom is 0.178 e. The molecule has 0 amide bonds. The fourth-order valence-electron chi connectivity index (χ4n) is 2.16. The van der Waals surface area contributed by atoms with E-state index in [9.17, 15) is 13.2 Å². The Morgan fingerprint density at radius 3 is 2.33 bits per heavy atom. The molecule has 100 valence electrons. The van der Waals surface area contributed by atoms with Crippen LogP contribution in [0.15, 0.2) is 29.2 Å². The van der Waals surface area contributed by atoms with Gasteiger partial charge in [-0.2, -0.15) is 0 Å². The average Bonchev–Trinajstić information content (AvgIpc) is 2.30. The van der Waals surface area contributed by atoms with Crippen molar-refractivity contribution in [3.8, 4) is 0 Å². The Morgan fingerprint density at radius 2 is 1.83 bits per heavy atom. The molecule has 1 unspecified atom stereocenters. The van der Waals surface area contributed by atoms with Crippen molar-refractivity contribution in [1.82, 2.24) is 0 Å². The highest BCUT2D eigenvalue weighted by atomic mass is 32.2. The minimum atomic E-state index is -3.28. The Balaban J connectivity index is 3.35. The van der Waals surface area contributed by atoms with Gasteiger partial charge in [-0.3, -0.25) is 4.79 Å². The zero-order valence-corrected chi connectivity index (χ0v) is 12.0. The normalized spacial score (nSPS) is 13.3. The summed E-state index contributed by atoms with van der Waals surface area (Å²) >= 11 is 0. The quantitative estimate of drug-likeness (QED) is 0.797. The molecule has 1 aromatic rings. The summed E-state index contributed by atoms with van der Waals surface area (Å²) in [6.45, 7) is 5.25. The predicted octanol–water partition coefficient (Wildman–Crippen LogP) is 2.95. The summed E-state index contributed by atoms with van der Waals surface area (Å²) in [6.07, 6.45) is 1.20. The standard InChI is InChI=1S/C14H20O3S/c1-4-10-18(16,17)14-9-7-6-8-13(14)12(5-2)11(3)15/h6-9,12H,4-5,10H2,1-3H3. The third kappa shape index (κ3) is 3.19. The monoisotopic (exact) mass is 268 g/mol. The first-order valence-corrected chi connectivity index (χ1v) is 7.91. The molecule has 0 saturated carbocycles. The van der Waals surface area contributed by atoms with Gasteiger partial charge in [0.05, 0.1) is 10.6 Å². The van der Waals surface area contributed by atoms with Crippen LogP contribution in [-0.4, -0.2) is 20.0 Å². The van der Waals surface area contributed by atoms with Crippen LogP contribution in [0.1, 0.15) is 45.1 Å². The molecule has 0 radical (unpaired) electrons. The highest BCUT2D eigenvalue weighted by molar-refractivity contribution is 7.91. The first kappa shape index (κ1) is 14.9. The molecule has 0 aliphatic rings. The van der Waals surface area contributed by atoms with Crippen LogP contribution >= 0.6 is 0 Å². The Labute approximate surface area is 109 Å². The Bertz CT molecular complexity index is 518. The number of rotatable bonds is 6. The fourth-order valence-corrected chi connectivity index (χ4v) is 3.77. The van der Waals surface area contributed by atoms with Crippen molar-refractivity contribution >= 4 is 15.6 Å². The molecule has 0 bridgehead atoms. The lowest BCUT2D eigenvalue weighted by molar-refractivity contribution is -0.118. The van der Waals surface area contributed by atoms with Crippen LogP contribution in [0.2, 0.25) is 0 Å². The number of hydrogen-bond donors (Lipinski definition) is 0. The van der Waals surface area contributed by atoms with Crippen molar-refractivity contribution in [2.45, 2.75) is 44.4 Å². The second kappa shape index (κ2) is 6.14. The Morgan fingerprint density at radius 1 is 1.22 bits per heavy atom. The lowest BCUT2D eigenvalue weighted by Crippen LogP contribution is -2.15. The summed E-state index contributed by atoms with van der Waals surface area (Å²) in [6, 6.07) is 6.84. The number of benzene rings is 1. The zero-order valence-electron chi connectivity index (χ0n) is 11.1. The molecule has 18 heavy (non-hydrogen) atoms. The molecule has 0 N–H and O–H groups in total. The number of carbonyl (C=O) groups is 1. The molecular formula is C14H20O3S. The summed E-state index contributed by atoms with van der Waals surface area (Å²) in [7, 11) is -3.28. The van der Waals surface area contributed by atoms with E-state index in [2.05, 4.69) is 0 Å². The maximum absolute atomic E-state index is 12.2. The van der Waals surface area contributed by atoms with Crippen LogP contribution in [0.25, 0.3) is 0 Å². The van der Waals surface area contributed by atoms with Crippen molar-refractivity contribution in [1.29, 1.82) is 0 Å². The third-order valence-electron chi connectivity index (χ3n) is 3.00. The third-order valence-corrected chi connectivity index (χ3v) is 4.99. The second-order valence-electron chi connectivity index (χ2n) is 4.43. The Kier molecular flexibility index (Phi) is 5.08. The van der Waals surface area contributed by atoms with Crippen molar-refractivity contribution in [2.24, 2.45) is 0 Å².